The number of esters is 1. The standard InChI is InChI=1S/C22H23N3O4/c1-29-21(26)11-4-15-2-6-17(7-3-15)24-12-13-25(22(24)27)18-8-9-19-16(14-18)5-10-20(19)23-28/h2-3,6-9,14,28H,4-5,10-13H2,1H3. The van der Waals surface area contributed by atoms with Crippen molar-refractivity contribution in [2.45, 2.75) is 25.7 Å². The van der Waals surface area contributed by atoms with Crippen LogP contribution in [0.15, 0.2) is 47.6 Å². The van der Waals surface area contributed by atoms with Gasteiger partial charge in [0, 0.05) is 36.4 Å². The van der Waals surface area contributed by atoms with E-state index in [2.05, 4.69) is 9.89 Å². The molecule has 0 radical (unpaired) electrons. The highest BCUT2D eigenvalue weighted by Gasteiger charge is 2.31. The van der Waals surface area contributed by atoms with Crippen molar-refractivity contribution in [1.29, 1.82) is 0 Å². The number of anilines is 2. The molecule has 7 heteroatoms. The number of urea groups is 1. The Morgan fingerprint density at radius 1 is 1.07 bits per heavy atom. The minimum Gasteiger partial charge on any atom is -0.469 e. The minimum absolute atomic E-state index is 0.0543. The molecule has 0 spiro atoms. The van der Waals surface area contributed by atoms with E-state index in [0.29, 0.717) is 31.6 Å². The van der Waals surface area contributed by atoms with Gasteiger partial charge in [-0.25, -0.2) is 4.79 Å². The van der Waals surface area contributed by atoms with Gasteiger partial charge in [-0.15, -0.1) is 0 Å². The fourth-order valence-corrected chi connectivity index (χ4v) is 3.94. The van der Waals surface area contributed by atoms with Crippen molar-refractivity contribution in [3.63, 3.8) is 0 Å². The Morgan fingerprint density at radius 2 is 1.76 bits per heavy atom. The summed E-state index contributed by atoms with van der Waals surface area (Å²) in [5.74, 6) is -0.230. The lowest BCUT2D eigenvalue weighted by molar-refractivity contribution is -0.140. The van der Waals surface area contributed by atoms with Gasteiger partial charge in [-0.1, -0.05) is 23.4 Å². The molecule has 1 aliphatic heterocycles. The van der Waals surface area contributed by atoms with E-state index in [0.717, 1.165) is 40.9 Å². The molecule has 0 atom stereocenters. The highest BCUT2D eigenvalue weighted by molar-refractivity contribution is 6.08. The first-order valence-electron chi connectivity index (χ1n) is 9.69. The van der Waals surface area contributed by atoms with Crippen LogP contribution in [0.25, 0.3) is 0 Å². The number of nitrogens with zero attached hydrogens (tertiary/aromatic N) is 3. The summed E-state index contributed by atoms with van der Waals surface area (Å²) in [6, 6.07) is 13.5. The van der Waals surface area contributed by atoms with Crippen molar-refractivity contribution >= 4 is 29.1 Å². The molecular weight excluding hydrogens is 370 g/mol. The number of amides is 2. The Kier molecular flexibility index (Phi) is 5.20. The summed E-state index contributed by atoms with van der Waals surface area (Å²) >= 11 is 0. The number of oxime groups is 1. The van der Waals surface area contributed by atoms with Crippen LogP contribution in [0, 0.1) is 0 Å². The average Bonchev–Trinajstić information content (AvgIpc) is 3.35. The van der Waals surface area contributed by atoms with Crippen molar-refractivity contribution in [3.8, 4) is 0 Å². The molecule has 2 aromatic carbocycles. The van der Waals surface area contributed by atoms with Crippen molar-refractivity contribution in [1.82, 2.24) is 0 Å². The summed E-state index contributed by atoms with van der Waals surface area (Å²) in [6.07, 6.45) is 2.49. The summed E-state index contributed by atoms with van der Waals surface area (Å²) in [4.78, 5) is 27.8. The Morgan fingerprint density at radius 3 is 2.45 bits per heavy atom. The average molecular weight is 393 g/mol. The van der Waals surface area contributed by atoms with E-state index < -0.39 is 0 Å². The van der Waals surface area contributed by atoms with E-state index in [9.17, 15) is 9.59 Å². The van der Waals surface area contributed by atoms with Crippen molar-refractivity contribution in [3.05, 3.63) is 59.2 Å². The van der Waals surface area contributed by atoms with Gasteiger partial charge in [-0.3, -0.25) is 14.6 Å². The molecule has 4 rings (SSSR count). The molecule has 2 aliphatic rings. The quantitative estimate of drug-likeness (QED) is 0.480. The number of methoxy groups -OCH3 is 1. The number of rotatable bonds is 5. The maximum Gasteiger partial charge on any atom is 0.329 e. The van der Waals surface area contributed by atoms with Crippen molar-refractivity contribution in [2.75, 3.05) is 30.0 Å². The molecule has 0 aromatic heterocycles. The molecule has 0 unspecified atom stereocenters. The van der Waals surface area contributed by atoms with Crippen LogP contribution in [0.1, 0.15) is 29.5 Å². The summed E-state index contributed by atoms with van der Waals surface area (Å²) < 4.78 is 4.67. The molecule has 7 nitrogen and oxygen atoms in total. The molecular formula is C22H23N3O4. The van der Waals surface area contributed by atoms with Crippen LogP contribution in [0.2, 0.25) is 0 Å². The maximum absolute atomic E-state index is 13.0. The van der Waals surface area contributed by atoms with E-state index >= 15 is 0 Å². The van der Waals surface area contributed by atoms with Gasteiger partial charge >= 0.3 is 12.0 Å². The van der Waals surface area contributed by atoms with Gasteiger partial charge < -0.3 is 9.94 Å². The van der Waals surface area contributed by atoms with Gasteiger partial charge in [-0.2, -0.15) is 0 Å². The third kappa shape index (κ3) is 3.68. The Labute approximate surface area is 169 Å². The maximum atomic E-state index is 13.0. The van der Waals surface area contributed by atoms with E-state index in [1.165, 1.54) is 7.11 Å². The normalized spacial score (nSPS) is 17.1. The molecule has 1 aliphatic carbocycles. The Hall–Kier alpha value is -3.35. The molecule has 2 amide bonds. The first-order valence-corrected chi connectivity index (χ1v) is 9.69. The van der Waals surface area contributed by atoms with Gasteiger partial charge in [0.1, 0.15) is 0 Å². The van der Waals surface area contributed by atoms with Crippen LogP contribution in [-0.2, 0) is 22.4 Å². The van der Waals surface area contributed by atoms with Gasteiger partial charge in [0.2, 0.25) is 0 Å². The minimum atomic E-state index is -0.230. The van der Waals surface area contributed by atoms with Crippen LogP contribution in [-0.4, -0.2) is 43.1 Å². The molecule has 1 N–H and O–H groups in total. The van der Waals surface area contributed by atoms with Crippen LogP contribution in [0.3, 0.4) is 0 Å². The lowest BCUT2D eigenvalue weighted by Crippen LogP contribution is -2.31. The number of hydrogen-bond donors (Lipinski definition) is 1. The largest absolute Gasteiger partial charge is 0.469 e. The highest BCUT2D eigenvalue weighted by atomic mass is 16.5. The second-order valence-electron chi connectivity index (χ2n) is 7.22. The van der Waals surface area contributed by atoms with E-state index in [4.69, 9.17) is 5.21 Å². The predicted octanol–water partition coefficient (Wildman–Crippen LogP) is 3.36. The molecule has 29 heavy (non-hydrogen) atoms. The topological polar surface area (TPSA) is 82.4 Å². The number of carbonyl (C=O) groups is 2. The molecule has 1 saturated heterocycles. The molecule has 1 heterocycles. The lowest BCUT2D eigenvalue weighted by Gasteiger charge is -2.19. The summed E-state index contributed by atoms with van der Waals surface area (Å²) in [5, 5.41) is 12.4. The molecule has 0 saturated carbocycles. The summed E-state index contributed by atoms with van der Waals surface area (Å²) in [7, 11) is 1.39. The molecule has 2 aromatic rings. The third-order valence-corrected chi connectivity index (χ3v) is 5.57. The number of ether oxygens (including phenoxy) is 1. The van der Waals surface area contributed by atoms with Crippen LogP contribution >= 0.6 is 0 Å². The monoisotopic (exact) mass is 393 g/mol. The summed E-state index contributed by atoms with van der Waals surface area (Å²) in [6.45, 7) is 1.23. The smallest absolute Gasteiger partial charge is 0.329 e. The molecule has 0 bridgehead atoms. The number of carbonyl (C=O) groups excluding carboxylic acids is 2. The van der Waals surface area contributed by atoms with Crippen LogP contribution < -0.4 is 9.80 Å². The second kappa shape index (κ2) is 7.95. The molecule has 1 fully saturated rings. The zero-order valence-corrected chi connectivity index (χ0v) is 16.3. The van der Waals surface area contributed by atoms with Crippen molar-refractivity contribution in [2.24, 2.45) is 5.16 Å². The first-order chi connectivity index (χ1) is 14.1. The third-order valence-electron chi connectivity index (χ3n) is 5.57. The zero-order valence-electron chi connectivity index (χ0n) is 16.3. The fraction of sp³-hybridized carbons (Fsp3) is 0.318. The molecule has 150 valence electrons. The van der Waals surface area contributed by atoms with Crippen LogP contribution in [0.4, 0.5) is 16.2 Å². The number of fused-ring (bicyclic) bond motifs is 1. The Balaban J connectivity index is 1.46. The first kappa shape index (κ1) is 19.0. The van der Waals surface area contributed by atoms with Gasteiger partial charge in [0.05, 0.1) is 12.8 Å². The number of hydrogen-bond acceptors (Lipinski definition) is 5. The predicted molar refractivity (Wildman–Crippen MR) is 110 cm³/mol. The van der Waals surface area contributed by atoms with Gasteiger partial charge in [-0.05, 0) is 54.7 Å². The van der Waals surface area contributed by atoms with E-state index in [1.54, 1.807) is 9.80 Å². The van der Waals surface area contributed by atoms with E-state index in [-0.39, 0.29) is 12.0 Å². The van der Waals surface area contributed by atoms with Gasteiger partial charge in [0.15, 0.2) is 0 Å². The second-order valence-corrected chi connectivity index (χ2v) is 7.22. The van der Waals surface area contributed by atoms with Gasteiger partial charge in [0.25, 0.3) is 0 Å². The highest BCUT2D eigenvalue weighted by Crippen LogP contribution is 2.30. The fourth-order valence-electron chi connectivity index (χ4n) is 3.94. The number of benzene rings is 2. The number of aryl methyl sites for hydroxylation is 2. The lowest BCUT2D eigenvalue weighted by atomic mass is 10.1. The van der Waals surface area contributed by atoms with E-state index in [1.807, 2.05) is 42.5 Å². The zero-order chi connectivity index (χ0) is 20.4. The summed E-state index contributed by atoms with van der Waals surface area (Å²) in [5.41, 5.74) is 5.51. The Bertz CT molecular complexity index is 969. The SMILES string of the molecule is COC(=O)CCc1ccc(N2CCN(c3ccc4c(c3)CCC4=NO)C2=O)cc1. The van der Waals surface area contributed by atoms with Crippen LogP contribution in [0.5, 0.6) is 0 Å². The van der Waals surface area contributed by atoms with Crippen molar-refractivity contribution < 1.29 is 19.5 Å².